The van der Waals surface area contributed by atoms with Crippen LogP contribution < -0.4 is 4.74 Å². The second kappa shape index (κ2) is 5.49. The molecule has 4 heteroatoms. The zero-order valence-electron chi connectivity index (χ0n) is 10.5. The van der Waals surface area contributed by atoms with E-state index in [1.54, 1.807) is 0 Å². The molecular formula is C14H15NO3. The van der Waals surface area contributed by atoms with Gasteiger partial charge in [-0.2, -0.15) is 0 Å². The number of rotatable bonds is 5. The molecule has 94 valence electrons. The molecule has 18 heavy (non-hydrogen) atoms. The van der Waals surface area contributed by atoms with Gasteiger partial charge in [-0.05, 0) is 31.5 Å². The third-order valence-electron chi connectivity index (χ3n) is 2.68. The predicted molar refractivity (Wildman–Crippen MR) is 66.5 cm³/mol. The zero-order valence-corrected chi connectivity index (χ0v) is 10.5. The molecule has 2 aromatic rings. The molecule has 0 unspecified atom stereocenters. The van der Waals surface area contributed by atoms with E-state index in [0.717, 1.165) is 29.1 Å². The molecule has 0 aliphatic heterocycles. The summed E-state index contributed by atoms with van der Waals surface area (Å²) in [6.45, 7) is 4.08. The van der Waals surface area contributed by atoms with Crippen molar-refractivity contribution in [2.24, 2.45) is 0 Å². The summed E-state index contributed by atoms with van der Waals surface area (Å²) in [7, 11) is 0. The second-order valence-corrected chi connectivity index (χ2v) is 4.05. The van der Waals surface area contributed by atoms with Crippen molar-refractivity contribution < 1.29 is 13.9 Å². The van der Waals surface area contributed by atoms with Gasteiger partial charge in [0.15, 0.2) is 6.61 Å². The highest BCUT2D eigenvalue weighted by molar-refractivity contribution is 5.55. The lowest BCUT2D eigenvalue weighted by molar-refractivity contribution is -0.107. The molecule has 0 N–H and O–H groups in total. The quantitative estimate of drug-likeness (QED) is 0.760. The van der Waals surface area contributed by atoms with E-state index in [1.807, 2.05) is 38.1 Å². The summed E-state index contributed by atoms with van der Waals surface area (Å²) in [6.07, 6.45) is 1.31. The lowest BCUT2D eigenvalue weighted by Crippen LogP contribution is -1.96. The van der Waals surface area contributed by atoms with Crippen LogP contribution in [-0.2, 0) is 17.8 Å². The fourth-order valence-electron chi connectivity index (χ4n) is 1.56. The molecule has 0 spiro atoms. The Hall–Kier alpha value is -2.10. The monoisotopic (exact) mass is 245 g/mol. The third-order valence-corrected chi connectivity index (χ3v) is 2.68. The molecule has 0 radical (unpaired) electrons. The largest absolute Gasteiger partial charge is 0.484 e. The van der Waals surface area contributed by atoms with E-state index in [0.29, 0.717) is 18.9 Å². The van der Waals surface area contributed by atoms with Crippen molar-refractivity contribution in [3.8, 4) is 5.75 Å². The van der Waals surface area contributed by atoms with Crippen molar-refractivity contribution in [2.45, 2.75) is 26.9 Å². The van der Waals surface area contributed by atoms with Gasteiger partial charge >= 0.3 is 0 Å². The Morgan fingerprint density at radius 2 is 2.00 bits per heavy atom. The fourth-order valence-corrected chi connectivity index (χ4v) is 1.56. The number of aromatic nitrogens is 1. The van der Waals surface area contributed by atoms with Crippen LogP contribution in [0.1, 0.15) is 22.9 Å². The standard InChI is InChI=1S/C14H15NO3/c1-10-11(2)18-14(15-10)9-17-13-5-3-12(4-6-13)7-8-16/h3-6,8H,7,9H2,1-2H3. The Morgan fingerprint density at radius 3 is 2.56 bits per heavy atom. The predicted octanol–water partition coefficient (Wildman–Crippen LogP) is 2.61. The van der Waals surface area contributed by atoms with Crippen molar-refractivity contribution in [2.75, 3.05) is 0 Å². The van der Waals surface area contributed by atoms with Gasteiger partial charge in [0.25, 0.3) is 0 Å². The smallest absolute Gasteiger partial charge is 0.232 e. The van der Waals surface area contributed by atoms with Crippen molar-refractivity contribution in [3.63, 3.8) is 0 Å². The summed E-state index contributed by atoms with van der Waals surface area (Å²) < 4.78 is 11.0. The first kappa shape index (κ1) is 12.4. The molecule has 0 aliphatic carbocycles. The summed E-state index contributed by atoms with van der Waals surface area (Å²) in [5.41, 5.74) is 1.86. The minimum absolute atomic E-state index is 0.307. The fraction of sp³-hybridized carbons (Fsp3) is 0.286. The minimum Gasteiger partial charge on any atom is -0.484 e. The van der Waals surface area contributed by atoms with Gasteiger partial charge in [0.05, 0.1) is 5.69 Å². The van der Waals surface area contributed by atoms with Crippen LogP contribution in [0.4, 0.5) is 0 Å². The first-order valence-corrected chi connectivity index (χ1v) is 5.77. The molecule has 1 aromatic heterocycles. The van der Waals surface area contributed by atoms with Crippen LogP contribution in [0.2, 0.25) is 0 Å². The van der Waals surface area contributed by atoms with Gasteiger partial charge < -0.3 is 13.9 Å². The van der Waals surface area contributed by atoms with Crippen LogP contribution in [0.15, 0.2) is 28.7 Å². The summed E-state index contributed by atoms with van der Waals surface area (Å²) in [5, 5.41) is 0. The number of hydrogen-bond acceptors (Lipinski definition) is 4. The van der Waals surface area contributed by atoms with E-state index < -0.39 is 0 Å². The summed E-state index contributed by atoms with van der Waals surface area (Å²) in [5.74, 6) is 2.12. The van der Waals surface area contributed by atoms with E-state index in [9.17, 15) is 4.79 Å². The van der Waals surface area contributed by atoms with Crippen LogP contribution >= 0.6 is 0 Å². The average Bonchev–Trinajstić information content (AvgIpc) is 2.68. The Bertz CT molecular complexity index is 509. The van der Waals surface area contributed by atoms with Crippen LogP contribution in [-0.4, -0.2) is 11.3 Å². The molecule has 2 rings (SSSR count). The van der Waals surface area contributed by atoms with Gasteiger partial charge in [0.2, 0.25) is 5.89 Å². The number of hydrogen-bond donors (Lipinski definition) is 0. The minimum atomic E-state index is 0.307. The van der Waals surface area contributed by atoms with Crippen molar-refractivity contribution in [3.05, 3.63) is 47.2 Å². The Kier molecular flexibility index (Phi) is 3.77. The maximum absolute atomic E-state index is 10.4. The molecule has 0 saturated heterocycles. The highest BCUT2D eigenvalue weighted by atomic mass is 16.5. The molecule has 1 heterocycles. The number of aldehydes is 1. The molecule has 0 fully saturated rings. The lowest BCUT2D eigenvalue weighted by Gasteiger charge is -2.03. The highest BCUT2D eigenvalue weighted by Crippen LogP contribution is 2.15. The SMILES string of the molecule is Cc1nc(COc2ccc(CC=O)cc2)oc1C. The van der Waals surface area contributed by atoms with Gasteiger partial charge in [-0.15, -0.1) is 0 Å². The average molecular weight is 245 g/mol. The summed E-state index contributed by atoms with van der Waals surface area (Å²) in [6, 6.07) is 7.41. The van der Waals surface area contributed by atoms with Crippen molar-refractivity contribution >= 4 is 6.29 Å². The normalized spacial score (nSPS) is 10.3. The van der Waals surface area contributed by atoms with Crippen molar-refractivity contribution in [1.82, 2.24) is 4.98 Å². The van der Waals surface area contributed by atoms with Crippen LogP contribution in [0.25, 0.3) is 0 Å². The number of benzene rings is 1. The molecular weight excluding hydrogens is 230 g/mol. The van der Waals surface area contributed by atoms with Gasteiger partial charge in [-0.25, -0.2) is 4.98 Å². The summed E-state index contributed by atoms with van der Waals surface area (Å²) in [4.78, 5) is 14.6. The molecule has 0 saturated carbocycles. The van der Waals surface area contributed by atoms with Crippen LogP contribution in [0, 0.1) is 13.8 Å². The van der Waals surface area contributed by atoms with E-state index >= 15 is 0 Å². The first-order chi connectivity index (χ1) is 8.69. The highest BCUT2D eigenvalue weighted by Gasteiger charge is 2.05. The molecule has 0 bridgehead atoms. The third kappa shape index (κ3) is 2.97. The van der Waals surface area contributed by atoms with E-state index in [2.05, 4.69) is 4.98 Å². The zero-order chi connectivity index (χ0) is 13.0. The molecule has 0 aliphatic rings. The van der Waals surface area contributed by atoms with Gasteiger partial charge in [-0.3, -0.25) is 0 Å². The van der Waals surface area contributed by atoms with Crippen molar-refractivity contribution in [1.29, 1.82) is 0 Å². The molecule has 0 amide bonds. The van der Waals surface area contributed by atoms with E-state index in [-0.39, 0.29) is 0 Å². The topological polar surface area (TPSA) is 52.3 Å². The Labute approximate surface area is 106 Å². The molecule has 1 aromatic carbocycles. The Balaban J connectivity index is 1.95. The number of oxazole rings is 1. The number of aryl methyl sites for hydroxylation is 2. The number of carbonyl (C=O) groups is 1. The van der Waals surface area contributed by atoms with E-state index in [4.69, 9.17) is 9.15 Å². The lowest BCUT2D eigenvalue weighted by atomic mass is 10.2. The number of carbonyl (C=O) groups excluding carboxylic acids is 1. The second-order valence-electron chi connectivity index (χ2n) is 4.05. The number of ether oxygens (including phenoxy) is 1. The molecule has 4 nitrogen and oxygen atoms in total. The van der Waals surface area contributed by atoms with Crippen LogP contribution in [0.5, 0.6) is 5.75 Å². The summed E-state index contributed by atoms with van der Waals surface area (Å²) >= 11 is 0. The van der Waals surface area contributed by atoms with E-state index in [1.165, 1.54) is 0 Å². The number of nitrogens with zero attached hydrogens (tertiary/aromatic N) is 1. The van der Waals surface area contributed by atoms with Gasteiger partial charge in [-0.1, -0.05) is 12.1 Å². The van der Waals surface area contributed by atoms with Gasteiger partial charge in [0, 0.05) is 6.42 Å². The van der Waals surface area contributed by atoms with Gasteiger partial charge in [0.1, 0.15) is 17.8 Å². The maximum Gasteiger partial charge on any atom is 0.232 e. The molecule has 0 atom stereocenters. The Morgan fingerprint density at radius 1 is 1.28 bits per heavy atom. The first-order valence-electron chi connectivity index (χ1n) is 5.77. The maximum atomic E-state index is 10.4. The van der Waals surface area contributed by atoms with Crippen LogP contribution in [0.3, 0.4) is 0 Å².